The number of aldehydes is 1. The van der Waals surface area contributed by atoms with Gasteiger partial charge in [0.05, 0.1) is 10.6 Å². The van der Waals surface area contributed by atoms with E-state index in [0.29, 0.717) is 30.1 Å². The number of pyridine rings is 1. The molecular formula is C10H8BrClN2O2. The zero-order chi connectivity index (χ0) is 11.7. The monoisotopic (exact) mass is 302 g/mol. The highest BCUT2D eigenvalue weighted by Crippen LogP contribution is 2.28. The summed E-state index contributed by atoms with van der Waals surface area (Å²) in [7, 11) is 0. The van der Waals surface area contributed by atoms with E-state index < -0.39 is 0 Å². The van der Waals surface area contributed by atoms with E-state index in [2.05, 4.69) is 20.9 Å². The Balaban J connectivity index is 2.44. The molecule has 1 aromatic rings. The molecule has 1 aromatic heterocycles. The van der Waals surface area contributed by atoms with Gasteiger partial charge in [-0.15, -0.1) is 0 Å². The molecule has 4 nitrogen and oxygen atoms in total. The normalized spacial score (nSPS) is 20.2. The molecule has 1 aliphatic rings. The maximum absolute atomic E-state index is 11.7. The van der Waals surface area contributed by atoms with E-state index in [0.717, 1.165) is 0 Å². The summed E-state index contributed by atoms with van der Waals surface area (Å²) < 4.78 is 0. The van der Waals surface area contributed by atoms with Gasteiger partial charge in [-0.1, -0.05) is 27.5 Å². The number of halogens is 2. The third kappa shape index (κ3) is 1.97. The van der Waals surface area contributed by atoms with E-state index in [1.807, 2.05) is 0 Å². The molecule has 0 aromatic carbocycles. The number of nitrogens with zero attached hydrogens (tertiary/aromatic N) is 2. The van der Waals surface area contributed by atoms with E-state index in [-0.39, 0.29) is 16.3 Å². The van der Waals surface area contributed by atoms with E-state index in [9.17, 15) is 9.59 Å². The van der Waals surface area contributed by atoms with Crippen molar-refractivity contribution < 1.29 is 9.59 Å². The van der Waals surface area contributed by atoms with Gasteiger partial charge in [0.25, 0.3) is 0 Å². The van der Waals surface area contributed by atoms with Crippen molar-refractivity contribution in [1.82, 2.24) is 4.98 Å². The second-order valence-electron chi connectivity index (χ2n) is 3.45. The van der Waals surface area contributed by atoms with Crippen LogP contribution in [0, 0.1) is 0 Å². The van der Waals surface area contributed by atoms with Crippen LogP contribution in [0.1, 0.15) is 16.8 Å². The second kappa shape index (κ2) is 4.51. The first-order valence-electron chi connectivity index (χ1n) is 4.67. The van der Waals surface area contributed by atoms with Crippen molar-refractivity contribution >= 4 is 45.5 Å². The van der Waals surface area contributed by atoms with Gasteiger partial charge in [0.2, 0.25) is 5.91 Å². The summed E-state index contributed by atoms with van der Waals surface area (Å²) in [6.07, 6.45) is 2.52. The summed E-state index contributed by atoms with van der Waals surface area (Å²) in [5.41, 5.74) is 0.263. The van der Waals surface area contributed by atoms with Crippen LogP contribution in [0.4, 0.5) is 5.82 Å². The Labute approximate surface area is 106 Å². The summed E-state index contributed by atoms with van der Waals surface area (Å²) in [5.74, 6) is 0.286. The highest BCUT2D eigenvalue weighted by molar-refractivity contribution is 9.09. The largest absolute Gasteiger partial charge is 0.298 e. The van der Waals surface area contributed by atoms with Crippen molar-refractivity contribution in [3.63, 3.8) is 0 Å². The molecular weight excluding hydrogens is 295 g/mol. The van der Waals surface area contributed by atoms with Crippen molar-refractivity contribution in [1.29, 1.82) is 0 Å². The number of carbonyl (C=O) groups is 2. The number of alkyl halides is 1. The van der Waals surface area contributed by atoms with Crippen LogP contribution in [0.2, 0.25) is 5.02 Å². The molecule has 1 aliphatic heterocycles. The van der Waals surface area contributed by atoms with Gasteiger partial charge in [0.1, 0.15) is 5.82 Å². The van der Waals surface area contributed by atoms with E-state index >= 15 is 0 Å². The van der Waals surface area contributed by atoms with Gasteiger partial charge in [0.15, 0.2) is 6.29 Å². The van der Waals surface area contributed by atoms with Gasteiger partial charge in [-0.25, -0.2) is 4.98 Å². The second-order valence-corrected chi connectivity index (χ2v) is 5.16. The molecule has 1 unspecified atom stereocenters. The Hall–Kier alpha value is -0.940. The van der Waals surface area contributed by atoms with E-state index in [1.165, 1.54) is 17.2 Å². The first-order valence-corrected chi connectivity index (χ1v) is 5.97. The van der Waals surface area contributed by atoms with Crippen LogP contribution in [0.5, 0.6) is 0 Å². The van der Waals surface area contributed by atoms with Gasteiger partial charge in [-0.2, -0.15) is 0 Å². The lowest BCUT2D eigenvalue weighted by molar-refractivity contribution is -0.117. The molecule has 2 heterocycles. The average Bonchev–Trinajstić information content (AvgIpc) is 2.57. The SMILES string of the molecule is O=Cc1c(Cl)ccnc1N1CC(Br)CC1=O. The van der Waals surface area contributed by atoms with Crippen molar-refractivity contribution in [3.05, 3.63) is 22.8 Å². The van der Waals surface area contributed by atoms with Gasteiger partial charge >= 0.3 is 0 Å². The Bertz CT molecular complexity index is 452. The van der Waals surface area contributed by atoms with E-state index in [1.54, 1.807) is 0 Å². The number of aromatic nitrogens is 1. The smallest absolute Gasteiger partial charge is 0.229 e. The molecule has 1 atom stereocenters. The molecule has 16 heavy (non-hydrogen) atoms. The van der Waals surface area contributed by atoms with Crippen LogP contribution in [0.25, 0.3) is 0 Å². The quantitative estimate of drug-likeness (QED) is 0.620. The lowest BCUT2D eigenvalue weighted by Crippen LogP contribution is -2.26. The summed E-state index contributed by atoms with van der Waals surface area (Å²) >= 11 is 9.24. The highest BCUT2D eigenvalue weighted by atomic mass is 79.9. The van der Waals surface area contributed by atoms with Gasteiger partial charge in [-0.3, -0.25) is 14.5 Å². The van der Waals surface area contributed by atoms with E-state index in [4.69, 9.17) is 11.6 Å². The fourth-order valence-electron chi connectivity index (χ4n) is 1.63. The Kier molecular flexibility index (Phi) is 3.25. The standard InChI is InChI=1S/C10H8BrClN2O2/c11-6-3-9(16)14(4-6)10-7(5-15)8(12)1-2-13-10/h1-2,5-6H,3-4H2. The third-order valence-corrected chi connectivity index (χ3v) is 3.31. The molecule has 0 saturated carbocycles. The van der Waals surface area contributed by atoms with Crippen molar-refractivity contribution in [3.8, 4) is 0 Å². The number of carbonyl (C=O) groups excluding carboxylic acids is 2. The average molecular weight is 304 g/mol. The first-order chi connectivity index (χ1) is 7.63. The first kappa shape index (κ1) is 11.5. The summed E-state index contributed by atoms with van der Waals surface area (Å²) in [6, 6.07) is 1.53. The Morgan fingerprint density at radius 2 is 2.38 bits per heavy atom. The molecule has 0 radical (unpaired) electrons. The molecule has 84 valence electrons. The zero-order valence-electron chi connectivity index (χ0n) is 8.19. The minimum Gasteiger partial charge on any atom is -0.298 e. The molecule has 1 saturated heterocycles. The van der Waals surface area contributed by atoms with Crippen LogP contribution in [0.3, 0.4) is 0 Å². The minimum absolute atomic E-state index is 0.0558. The van der Waals surface area contributed by atoms with Crippen LogP contribution in [0.15, 0.2) is 12.3 Å². The molecule has 2 rings (SSSR count). The summed E-state index contributed by atoms with van der Waals surface area (Å²) in [6.45, 7) is 0.507. The molecule has 0 bridgehead atoms. The fourth-order valence-corrected chi connectivity index (χ4v) is 2.38. The fraction of sp³-hybridized carbons (Fsp3) is 0.300. The number of rotatable bonds is 2. The predicted octanol–water partition coefficient (Wildman–Crippen LogP) is 2.05. The maximum Gasteiger partial charge on any atom is 0.229 e. The van der Waals surface area contributed by atoms with Crippen LogP contribution >= 0.6 is 27.5 Å². The van der Waals surface area contributed by atoms with Gasteiger partial charge < -0.3 is 0 Å². The molecule has 0 aliphatic carbocycles. The van der Waals surface area contributed by atoms with Crippen LogP contribution in [-0.4, -0.2) is 28.5 Å². The van der Waals surface area contributed by atoms with Crippen LogP contribution < -0.4 is 4.90 Å². The van der Waals surface area contributed by atoms with Crippen molar-refractivity contribution in [2.45, 2.75) is 11.2 Å². The molecule has 1 fully saturated rings. The van der Waals surface area contributed by atoms with Crippen molar-refractivity contribution in [2.24, 2.45) is 0 Å². The molecule has 1 amide bonds. The maximum atomic E-state index is 11.7. The third-order valence-electron chi connectivity index (χ3n) is 2.37. The summed E-state index contributed by atoms with van der Waals surface area (Å²) in [5, 5.41) is 0.311. The predicted molar refractivity (Wildman–Crippen MR) is 64.3 cm³/mol. The number of anilines is 1. The molecule has 0 spiro atoms. The number of amides is 1. The lowest BCUT2D eigenvalue weighted by Gasteiger charge is -2.16. The summed E-state index contributed by atoms with van der Waals surface area (Å²) in [4.78, 5) is 28.2. The van der Waals surface area contributed by atoms with Crippen LogP contribution in [-0.2, 0) is 4.79 Å². The highest BCUT2D eigenvalue weighted by Gasteiger charge is 2.31. The zero-order valence-corrected chi connectivity index (χ0v) is 10.5. The lowest BCUT2D eigenvalue weighted by atomic mass is 10.2. The molecule has 0 N–H and O–H groups in total. The topological polar surface area (TPSA) is 50.3 Å². The molecule has 6 heteroatoms. The van der Waals surface area contributed by atoms with Gasteiger partial charge in [0, 0.05) is 24.0 Å². The van der Waals surface area contributed by atoms with Gasteiger partial charge in [-0.05, 0) is 6.07 Å². The number of hydrogen-bond acceptors (Lipinski definition) is 3. The Morgan fingerprint density at radius 3 is 2.94 bits per heavy atom. The Morgan fingerprint density at radius 1 is 1.62 bits per heavy atom. The number of hydrogen-bond donors (Lipinski definition) is 0. The minimum atomic E-state index is -0.0558. The van der Waals surface area contributed by atoms with Crippen molar-refractivity contribution in [2.75, 3.05) is 11.4 Å².